The Labute approximate surface area is 181 Å². The van der Waals surface area contributed by atoms with Gasteiger partial charge < -0.3 is 9.80 Å². The number of hydrogen-bond acceptors (Lipinski definition) is 2. The minimum Gasteiger partial charge on any atom is -0.305 e. The smallest absolute Gasteiger partial charge is 0.258 e. The van der Waals surface area contributed by atoms with E-state index >= 15 is 0 Å². The van der Waals surface area contributed by atoms with E-state index in [1.54, 1.807) is 17.9 Å². The highest BCUT2D eigenvalue weighted by atomic mass is 35.5. The first-order valence-electron chi connectivity index (χ1n) is 10.00. The number of fused-ring (bicyclic) bond motifs is 1. The molecule has 0 bridgehead atoms. The molecule has 1 aliphatic heterocycles. The Morgan fingerprint density at radius 1 is 0.967 bits per heavy atom. The third kappa shape index (κ3) is 3.71. The van der Waals surface area contributed by atoms with E-state index in [2.05, 4.69) is 0 Å². The highest BCUT2D eigenvalue weighted by molar-refractivity contribution is 6.30. The van der Waals surface area contributed by atoms with Crippen LogP contribution in [-0.4, -0.2) is 17.9 Å². The molecule has 30 heavy (non-hydrogen) atoms. The van der Waals surface area contributed by atoms with Gasteiger partial charge in [0.25, 0.3) is 5.91 Å². The maximum absolute atomic E-state index is 13.4. The Hall–Kier alpha value is -3.11. The number of carbonyl (C=O) groups is 2. The average molecular weight is 419 g/mol. The molecule has 0 fully saturated rings. The number of amides is 2. The van der Waals surface area contributed by atoms with Crippen molar-refractivity contribution in [2.24, 2.45) is 0 Å². The molecule has 0 saturated carbocycles. The summed E-state index contributed by atoms with van der Waals surface area (Å²) in [5.41, 5.74) is 3.13. The minimum absolute atomic E-state index is 0.0489. The first-order chi connectivity index (χ1) is 14.5. The molecule has 2 atom stereocenters. The van der Waals surface area contributed by atoms with Gasteiger partial charge in [0.2, 0.25) is 5.91 Å². The molecule has 0 spiro atoms. The number of hydrogen-bond donors (Lipinski definition) is 0. The molecule has 1 heterocycles. The van der Waals surface area contributed by atoms with Gasteiger partial charge in [-0.3, -0.25) is 9.59 Å². The number of benzene rings is 3. The standard InChI is InChI=1S/C25H23ClN2O2/c1-17-15-24(28(18(2)29)21-11-7-4-8-12-21)22-16-20(26)13-14-23(22)27(17)25(30)19-9-5-3-6-10-19/h3-14,16-17,24H,15H2,1-2H3/t17-,24-/m1/s1. The molecule has 152 valence electrons. The van der Waals surface area contributed by atoms with Crippen LogP contribution in [0.4, 0.5) is 11.4 Å². The lowest BCUT2D eigenvalue weighted by Crippen LogP contribution is -2.47. The first kappa shape index (κ1) is 20.2. The maximum Gasteiger partial charge on any atom is 0.258 e. The fraction of sp³-hybridized carbons (Fsp3) is 0.200. The van der Waals surface area contributed by atoms with Crippen molar-refractivity contribution < 1.29 is 9.59 Å². The van der Waals surface area contributed by atoms with E-state index in [0.717, 1.165) is 16.9 Å². The molecule has 5 heteroatoms. The molecule has 0 aromatic heterocycles. The minimum atomic E-state index is -0.214. The molecule has 4 nitrogen and oxygen atoms in total. The van der Waals surface area contributed by atoms with E-state index in [-0.39, 0.29) is 23.9 Å². The second-order valence-corrected chi connectivity index (χ2v) is 8.01. The normalized spacial score (nSPS) is 17.9. The summed E-state index contributed by atoms with van der Waals surface area (Å²) in [6.07, 6.45) is 0.611. The zero-order chi connectivity index (χ0) is 21.3. The lowest BCUT2D eigenvalue weighted by atomic mass is 9.89. The number of halogens is 1. The topological polar surface area (TPSA) is 40.6 Å². The molecule has 3 aromatic rings. The molecule has 0 saturated heterocycles. The quantitative estimate of drug-likeness (QED) is 0.533. The van der Waals surface area contributed by atoms with Crippen LogP contribution in [0.15, 0.2) is 78.9 Å². The average Bonchev–Trinajstić information content (AvgIpc) is 2.75. The van der Waals surface area contributed by atoms with Crippen LogP contribution < -0.4 is 9.80 Å². The molecule has 0 unspecified atom stereocenters. The third-order valence-electron chi connectivity index (χ3n) is 5.54. The van der Waals surface area contributed by atoms with Crippen molar-refractivity contribution in [3.63, 3.8) is 0 Å². The number of anilines is 2. The molecule has 4 rings (SSSR count). The fourth-order valence-corrected chi connectivity index (χ4v) is 4.43. The lowest BCUT2D eigenvalue weighted by molar-refractivity contribution is -0.117. The summed E-state index contributed by atoms with van der Waals surface area (Å²) in [5, 5.41) is 0.581. The summed E-state index contributed by atoms with van der Waals surface area (Å²) >= 11 is 6.35. The van der Waals surface area contributed by atoms with Crippen molar-refractivity contribution in [1.82, 2.24) is 0 Å². The number of para-hydroxylation sites is 1. The van der Waals surface area contributed by atoms with Crippen molar-refractivity contribution in [2.75, 3.05) is 9.80 Å². The Balaban J connectivity index is 1.82. The summed E-state index contributed by atoms with van der Waals surface area (Å²) in [7, 11) is 0. The summed E-state index contributed by atoms with van der Waals surface area (Å²) in [6, 6.07) is 24.1. The van der Waals surface area contributed by atoms with E-state index in [1.807, 2.05) is 84.6 Å². The predicted molar refractivity (Wildman–Crippen MR) is 121 cm³/mol. The molecule has 0 radical (unpaired) electrons. The predicted octanol–water partition coefficient (Wildman–Crippen LogP) is 5.87. The summed E-state index contributed by atoms with van der Waals surface area (Å²) in [4.78, 5) is 29.7. The van der Waals surface area contributed by atoms with Gasteiger partial charge in [-0.15, -0.1) is 0 Å². The fourth-order valence-electron chi connectivity index (χ4n) is 4.25. The van der Waals surface area contributed by atoms with Crippen molar-refractivity contribution in [3.05, 3.63) is 95.0 Å². The van der Waals surface area contributed by atoms with E-state index in [0.29, 0.717) is 17.0 Å². The van der Waals surface area contributed by atoms with E-state index in [1.165, 1.54) is 0 Å². The van der Waals surface area contributed by atoms with Crippen LogP contribution in [0.1, 0.15) is 42.2 Å². The van der Waals surface area contributed by atoms with Crippen LogP contribution in [0.2, 0.25) is 5.02 Å². The van der Waals surface area contributed by atoms with E-state index in [9.17, 15) is 9.59 Å². The van der Waals surface area contributed by atoms with Crippen molar-refractivity contribution >= 4 is 34.8 Å². The lowest BCUT2D eigenvalue weighted by Gasteiger charge is -2.43. The molecule has 2 amide bonds. The van der Waals surface area contributed by atoms with E-state index in [4.69, 9.17) is 11.6 Å². The highest BCUT2D eigenvalue weighted by Gasteiger charge is 2.38. The Morgan fingerprint density at radius 3 is 2.23 bits per heavy atom. The first-order valence-corrected chi connectivity index (χ1v) is 10.4. The summed E-state index contributed by atoms with van der Waals surface area (Å²) < 4.78 is 0. The number of nitrogens with zero attached hydrogens (tertiary/aromatic N) is 2. The van der Waals surface area contributed by atoms with Crippen molar-refractivity contribution in [3.8, 4) is 0 Å². The monoisotopic (exact) mass is 418 g/mol. The third-order valence-corrected chi connectivity index (χ3v) is 5.77. The number of carbonyl (C=O) groups excluding carboxylic acids is 2. The summed E-state index contributed by atoms with van der Waals surface area (Å²) in [5.74, 6) is -0.105. The Morgan fingerprint density at radius 2 is 1.60 bits per heavy atom. The Bertz CT molecular complexity index is 1070. The van der Waals surface area contributed by atoms with Crippen LogP contribution in [-0.2, 0) is 4.79 Å². The van der Waals surface area contributed by atoms with E-state index < -0.39 is 0 Å². The molecule has 0 N–H and O–H groups in total. The van der Waals surface area contributed by atoms with Gasteiger partial charge in [0.05, 0.1) is 6.04 Å². The van der Waals surface area contributed by atoms with Crippen molar-refractivity contribution in [2.45, 2.75) is 32.4 Å². The van der Waals surface area contributed by atoms with Gasteiger partial charge in [-0.2, -0.15) is 0 Å². The second kappa shape index (κ2) is 8.33. The van der Waals surface area contributed by atoms with Crippen LogP contribution in [0.5, 0.6) is 0 Å². The van der Waals surface area contributed by atoms with Gasteiger partial charge in [0.15, 0.2) is 0 Å². The molecule has 0 aliphatic carbocycles. The Kier molecular flexibility index (Phi) is 5.60. The van der Waals surface area contributed by atoms with Gasteiger partial charge >= 0.3 is 0 Å². The van der Waals surface area contributed by atoms with Gasteiger partial charge in [-0.1, -0.05) is 48.0 Å². The molecule has 3 aromatic carbocycles. The largest absolute Gasteiger partial charge is 0.305 e. The zero-order valence-corrected chi connectivity index (χ0v) is 17.7. The van der Waals surface area contributed by atoms with Gasteiger partial charge in [0.1, 0.15) is 0 Å². The van der Waals surface area contributed by atoms with Crippen LogP contribution in [0.3, 0.4) is 0 Å². The molecular weight excluding hydrogens is 396 g/mol. The second-order valence-electron chi connectivity index (χ2n) is 7.57. The van der Waals surface area contributed by atoms with Gasteiger partial charge in [0, 0.05) is 40.5 Å². The molecular formula is C25H23ClN2O2. The maximum atomic E-state index is 13.4. The van der Waals surface area contributed by atoms with Crippen LogP contribution >= 0.6 is 11.6 Å². The highest BCUT2D eigenvalue weighted by Crippen LogP contribution is 2.43. The van der Waals surface area contributed by atoms with Crippen molar-refractivity contribution in [1.29, 1.82) is 0 Å². The molecule has 1 aliphatic rings. The van der Waals surface area contributed by atoms with Crippen LogP contribution in [0, 0.1) is 0 Å². The zero-order valence-electron chi connectivity index (χ0n) is 17.0. The summed E-state index contributed by atoms with van der Waals surface area (Å²) in [6.45, 7) is 3.60. The number of rotatable bonds is 3. The van der Waals surface area contributed by atoms with Gasteiger partial charge in [-0.25, -0.2) is 0 Å². The van der Waals surface area contributed by atoms with Gasteiger partial charge in [-0.05, 0) is 55.8 Å². The van der Waals surface area contributed by atoms with Crippen LogP contribution in [0.25, 0.3) is 0 Å². The SMILES string of the molecule is CC(=O)N(c1ccccc1)[C@@H]1C[C@@H](C)N(C(=O)c2ccccc2)c2ccc(Cl)cc21.